The summed E-state index contributed by atoms with van der Waals surface area (Å²) in [6.07, 6.45) is 0.836. The molecule has 1 aliphatic rings. The number of aryl methyl sites for hydroxylation is 1. The lowest BCUT2D eigenvalue weighted by atomic mass is 9.99. The van der Waals surface area contributed by atoms with Crippen molar-refractivity contribution in [2.45, 2.75) is 26.4 Å². The minimum absolute atomic E-state index is 0.0997. The van der Waals surface area contributed by atoms with Gasteiger partial charge in [-0.3, -0.25) is 4.79 Å². The summed E-state index contributed by atoms with van der Waals surface area (Å²) >= 11 is 6.50. The second-order valence-electron chi connectivity index (χ2n) is 6.78. The van der Waals surface area contributed by atoms with E-state index in [4.69, 9.17) is 11.6 Å². The van der Waals surface area contributed by atoms with Gasteiger partial charge >= 0.3 is 0 Å². The fourth-order valence-corrected chi connectivity index (χ4v) is 3.81. The number of amides is 1. The van der Waals surface area contributed by atoms with Crippen LogP contribution in [0, 0.1) is 12.7 Å². The fraction of sp³-hybridized carbons (Fsp3) is 0.238. The van der Waals surface area contributed by atoms with Crippen LogP contribution < -0.4 is 0 Å². The minimum Gasteiger partial charge on any atom is -0.334 e. The Hall–Kier alpha value is -2.66. The maximum absolute atomic E-state index is 13.1. The molecule has 6 heteroatoms. The number of hydrogen-bond donors (Lipinski definition) is 0. The van der Waals surface area contributed by atoms with Crippen molar-refractivity contribution in [1.82, 2.24) is 14.7 Å². The Labute approximate surface area is 162 Å². The first-order chi connectivity index (χ1) is 13.0. The van der Waals surface area contributed by atoms with Crippen LogP contribution in [0.1, 0.15) is 32.7 Å². The first-order valence-electron chi connectivity index (χ1n) is 8.86. The molecule has 0 N–H and O–H groups in total. The Morgan fingerprint density at radius 3 is 2.59 bits per heavy atom. The lowest BCUT2D eigenvalue weighted by Crippen LogP contribution is -2.36. The van der Waals surface area contributed by atoms with E-state index in [1.807, 2.05) is 17.0 Å². The van der Waals surface area contributed by atoms with Crippen LogP contribution in [0.15, 0.2) is 48.5 Å². The van der Waals surface area contributed by atoms with E-state index < -0.39 is 0 Å². The smallest absolute Gasteiger partial charge is 0.259 e. The molecule has 4 nitrogen and oxygen atoms in total. The van der Waals surface area contributed by atoms with Gasteiger partial charge in [0, 0.05) is 13.1 Å². The molecule has 0 spiro atoms. The highest BCUT2D eigenvalue weighted by molar-refractivity contribution is 6.33. The van der Waals surface area contributed by atoms with Crippen LogP contribution in [0.5, 0.6) is 0 Å². The highest BCUT2D eigenvalue weighted by Gasteiger charge is 2.27. The van der Waals surface area contributed by atoms with E-state index >= 15 is 0 Å². The number of nitrogens with zero attached hydrogens (tertiary/aromatic N) is 3. The third-order valence-electron chi connectivity index (χ3n) is 4.94. The molecular weight excluding hydrogens is 365 g/mol. The number of hydrogen-bond acceptors (Lipinski definition) is 2. The third kappa shape index (κ3) is 3.47. The zero-order chi connectivity index (χ0) is 19.0. The number of aromatic nitrogens is 2. The van der Waals surface area contributed by atoms with Crippen LogP contribution in [0.4, 0.5) is 4.39 Å². The fourth-order valence-electron chi connectivity index (χ4n) is 3.49. The molecule has 0 fully saturated rings. The minimum atomic E-state index is -0.289. The van der Waals surface area contributed by atoms with Crippen LogP contribution in [0.2, 0.25) is 5.15 Å². The second kappa shape index (κ2) is 7.16. The van der Waals surface area contributed by atoms with E-state index in [9.17, 15) is 9.18 Å². The summed E-state index contributed by atoms with van der Waals surface area (Å²) in [6.45, 7) is 3.41. The SMILES string of the molecule is Cc1nn(Cc2ccc(F)cc2)c(Cl)c1C(=O)N1CCc2ccccc2C1. The molecule has 2 aromatic carbocycles. The molecule has 138 valence electrons. The van der Waals surface area contributed by atoms with Crippen LogP contribution in [0.3, 0.4) is 0 Å². The first kappa shape index (κ1) is 17.7. The van der Waals surface area contributed by atoms with Crippen molar-refractivity contribution < 1.29 is 9.18 Å². The van der Waals surface area contributed by atoms with E-state index in [0.29, 0.717) is 36.0 Å². The molecular formula is C21H19ClFN3O. The average Bonchev–Trinajstić information content (AvgIpc) is 2.96. The molecule has 0 saturated carbocycles. The number of carbonyl (C=O) groups is 1. The molecule has 0 radical (unpaired) electrons. The number of rotatable bonds is 3. The van der Waals surface area contributed by atoms with Crippen LogP contribution in [-0.4, -0.2) is 27.1 Å². The normalized spacial score (nSPS) is 13.5. The summed E-state index contributed by atoms with van der Waals surface area (Å²) in [6, 6.07) is 14.4. The first-order valence-corrected chi connectivity index (χ1v) is 9.24. The predicted octanol–water partition coefficient (Wildman–Crippen LogP) is 4.23. The number of carbonyl (C=O) groups excluding carboxylic acids is 1. The quantitative estimate of drug-likeness (QED) is 0.678. The van der Waals surface area contributed by atoms with Gasteiger partial charge in [0.2, 0.25) is 0 Å². The Balaban J connectivity index is 1.58. The standard InChI is InChI=1S/C21H19ClFN3O/c1-14-19(20(22)26(24-14)12-15-6-8-18(23)9-7-15)21(27)25-11-10-16-4-2-3-5-17(16)13-25/h2-9H,10-13H2,1H3. The zero-order valence-corrected chi connectivity index (χ0v) is 15.7. The van der Waals surface area contributed by atoms with Crippen molar-refractivity contribution in [3.63, 3.8) is 0 Å². The largest absolute Gasteiger partial charge is 0.334 e. The van der Waals surface area contributed by atoms with E-state index in [1.54, 1.807) is 23.7 Å². The Bertz CT molecular complexity index is 997. The maximum atomic E-state index is 13.1. The summed E-state index contributed by atoms with van der Waals surface area (Å²) in [5, 5.41) is 4.75. The second-order valence-corrected chi connectivity index (χ2v) is 7.14. The van der Waals surface area contributed by atoms with E-state index in [2.05, 4.69) is 17.2 Å². The molecule has 27 heavy (non-hydrogen) atoms. The van der Waals surface area contributed by atoms with Gasteiger partial charge in [-0.2, -0.15) is 5.10 Å². The molecule has 3 aromatic rings. The molecule has 1 aliphatic heterocycles. The molecule has 0 bridgehead atoms. The third-order valence-corrected chi connectivity index (χ3v) is 5.33. The van der Waals surface area contributed by atoms with Gasteiger partial charge < -0.3 is 4.90 Å². The van der Waals surface area contributed by atoms with Crippen LogP contribution in [-0.2, 0) is 19.5 Å². The van der Waals surface area contributed by atoms with Gasteiger partial charge in [0.25, 0.3) is 5.91 Å². The average molecular weight is 384 g/mol. The van der Waals surface area contributed by atoms with Gasteiger partial charge in [0.1, 0.15) is 11.0 Å². The van der Waals surface area contributed by atoms with Gasteiger partial charge in [-0.05, 0) is 42.2 Å². The van der Waals surface area contributed by atoms with Crippen molar-refractivity contribution in [3.05, 3.63) is 87.4 Å². The molecule has 1 aromatic heterocycles. The van der Waals surface area contributed by atoms with Crippen LogP contribution in [0.25, 0.3) is 0 Å². The summed E-state index contributed by atoms with van der Waals surface area (Å²) in [4.78, 5) is 14.9. The number of fused-ring (bicyclic) bond motifs is 1. The number of halogens is 2. The van der Waals surface area contributed by atoms with Gasteiger partial charge in [0.05, 0.1) is 17.8 Å². The van der Waals surface area contributed by atoms with Crippen molar-refractivity contribution in [2.75, 3.05) is 6.54 Å². The van der Waals surface area contributed by atoms with Gasteiger partial charge in [0.15, 0.2) is 0 Å². The van der Waals surface area contributed by atoms with Crippen molar-refractivity contribution in [2.24, 2.45) is 0 Å². The van der Waals surface area contributed by atoms with Crippen LogP contribution >= 0.6 is 11.6 Å². The highest BCUT2D eigenvalue weighted by Crippen LogP contribution is 2.26. The summed E-state index contributed by atoms with van der Waals surface area (Å²) in [5.74, 6) is -0.389. The molecule has 0 aliphatic carbocycles. The maximum Gasteiger partial charge on any atom is 0.259 e. The topological polar surface area (TPSA) is 38.1 Å². The van der Waals surface area contributed by atoms with Crippen molar-refractivity contribution in [1.29, 1.82) is 0 Å². The molecule has 0 unspecified atom stereocenters. The van der Waals surface area contributed by atoms with E-state index in [-0.39, 0.29) is 11.7 Å². The Morgan fingerprint density at radius 2 is 1.85 bits per heavy atom. The molecule has 2 heterocycles. The lowest BCUT2D eigenvalue weighted by Gasteiger charge is -2.28. The predicted molar refractivity (Wildman–Crippen MR) is 102 cm³/mol. The number of benzene rings is 2. The van der Waals surface area contributed by atoms with E-state index in [1.165, 1.54) is 23.3 Å². The molecule has 1 amide bonds. The summed E-state index contributed by atoms with van der Waals surface area (Å²) in [5.41, 5.74) is 4.37. The van der Waals surface area contributed by atoms with Gasteiger partial charge in [-0.1, -0.05) is 48.0 Å². The monoisotopic (exact) mass is 383 g/mol. The molecule has 4 rings (SSSR count). The van der Waals surface area contributed by atoms with Crippen molar-refractivity contribution >= 4 is 17.5 Å². The summed E-state index contributed by atoms with van der Waals surface area (Å²) < 4.78 is 14.7. The van der Waals surface area contributed by atoms with Gasteiger partial charge in [-0.15, -0.1) is 0 Å². The molecule has 0 saturated heterocycles. The van der Waals surface area contributed by atoms with Crippen molar-refractivity contribution in [3.8, 4) is 0 Å². The Kier molecular flexibility index (Phi) is 4.70. The zero-order valence-electron chi connectivity index (χ0n) is 15.0. The lowest BCUT2D eigenvalue weighted by molar-refractivity contribution is 0.0734. The summed E-state index contributed by atoms with van der Waals surface area (Å²) in [7, 11) is 0. The van der Waals surface area contributed by atoms with Gasteiger partial charge in [-0.25, -0.2) is 9.07 Å². The molecule has 0 atom stereocenters. The Morgan fingerprint density at radius 1 is 1.15 bits per heavy atom. The van der Waals surface area contributed by atoms with E-state index in [0.717, 1.165) is 12.0 Å². The highest BCUT2D eigenvalue weighted by atomic mass is 35.5.